The van der Waals surface area contributed by atoms with E-state index in [0.717, 1.165) is 22.8 Å². The van der Waals surface area contributed by atoms with Crippen molar-refractivity contribution in [3.63, 3.8) is 0 Å². The predicted molar refractivity (Wildman–Crippen MR) is 111 cm³/mol. The van der Waals surface area contributed by atoms with Crippen LogP contribution in [0.15, 0.2) is 52.4 Å². The van der Waals surface area contributed by atoms with Crippen molar-refractivity contribution in [1.82, 2.24) is 24.5 Å². The van der Waals surface area contributed by atoms with Crippen LogP contribution in [0.25, 0.3) is 11.5 Å². The molecule has 3 aromatic heterocycles. The van der Waals surface area contributed by atoms with E-state index in [4.69, 9.17) is 16.1 Å². The van der Waals surface area contributed by atoms with Gasteiger partial charge in [-0.3, -0.25) is 13.9 Å². The van der Waals surface area contributed by atoms with E-state index in [1.807, 2.05) is 60.2 Å². The molecule has 0 radical (unpaired) electrons. The van der Waals surface area contributed by atoms with Crippen LogP contribution < -0.4 is 0 Å². The molecule has 0 saturated heterocycles. The predicted octanol–water partition coefficient (Wildman–Crippen LogP) is 4.60. The molecule has 3 heterocycles. The Hall–Kier alpha value is -2.84. The first-order valence-corrected chi connectivity index (χ1v) is 10.2. The first kappa shape index (κ1) is 19.5. The number of nitrogens with zero attached hydrogens (tertiary/aromatic N) is 5. The summed E-state index contributed by atoms with van der Waals surface area (Å²) < 4.78 is 8.90. The highest BCUT2D eigenvalue weighted by molar-refractivity contribution is 7.99. The molecule has 0 N–H and O–H groups in total. The number of ketones is 1. The Morgan fingerprint density at radius 2 is 2.03 bits per heavy atom. The van der Waals surface area contributed by atoms with E-state index in [2.05, 4.69) is 15.4 Å². The molecule has 0 fully saturated rings. The highest BCUT2D eigenvalue weighted by Gasteiger charge is 2.19. The van der Waals surface area contributed by atoms with Gasteiger partial charge < -0.3 is 4.52 Å². The Labute approximate surface area is 176 Å². The lowest BCUT2D eigenvalue weighted by molar-refractivity contribution is 0.102. The van der Waals surface area contributed by atoms with Crippen molar-refractivity contribution in [2.75, 3.05) is 5.75 Å². The summed E-state index contributed by atoms with van der Waals surface area (Å²) >= 11 is 7.41. The van der Waals surface area contributed by atoms with Crippen LogP contribution in [0.3, 0.4) is 0 Å². The summed E-state index contributed by atoms with van der Waals surface area (Å²) in [5.74, 6) is 1.64. The fraction of sp³-hybridized carbons (Fsp3) is 0.200. The van der Waals surface area contributed by atoms with Crippen molar-refractivity contribution in [3.8, 4) is 11.5 Å². The number of aromatic nitrogens is 5. The van der Waals surface area contributed by atoms with Crippen LogP contribution in [-0.4, -0.2) is 36.0 Å². The number of benzene rings is 1. The van der Waals surface area contributed by atoms with Gasteiger partial charge in [0.1, 0.15) is 12.1 Å². The molecule has 0 bridgehead atoms. The molecule has 9 heteroatoms. The molecule has 0 unspecified atom stereocenters. The SMILES string of the molecule is Cc1cc(-n2c(C)cc(C(=O)CSc3nncn3-c3cccc(Cl)c3)c2C)no1. The zero-order valence-electron chi connectivity index (χ0n) is 16.1. The van der Waals surface area contributed by atoms with Crippen LogP contribution in [0.5, 0.6) is 0 Å². The molecular formula is C20H18ClN5O2S. The zero-order valence-corrected chi connectivity index (χ0v) is 17.7. The van der Waals surface area contributed by atoms with Crippen LogP contribution in [0.2, 0.25) is 5.02 Å². The Bertz CT molecular complexity index is 1190. The molecule has 1 aromatic carbocycles. The minimum Gasteiger partial charge on any atom is -0.360 e. The average molecular weight is 428 g/mol. The highest BCUT2D eigenvalue weighted by Crippen LogP contribution is 2.25. The third-order valence-corrected chi connectivity index (χ3v) is 5.69. The second-order valence-electron chi connectivity index (χ2n) is 6.59. The minimum absolute atomic E-state index is 0.00945. The standard InChI is InChI=1S/C20H18ClN5O2S/c1-12-7-17(14(3)26(12)19-8-13(2)28-24-19)18(27)10-29-20-23-22-11-25(20)16-6-4-5-15(21)9-16/h4-9,11H,10H2,1-3H3. The van der Waals surface area contributed by atoms with Gasteiger partial charge in [-0.2, -0.15) is 0 Å². The maximum absolute atomic E-state index is 12.9. The Kier molecular flexibility index (Phi) is 5.29. The van der Waals surface area contributed by atoms with Crippen LogP contribution in [0, 0.1) is 20.8 Å². The van der Waals surface area contributed by atoms with E-state index in [1.54, 1.807) is 12.4 Å². The summed E-state index contributed by atoms with van der Waals surface area (Å²) in [4.78, 5) is 12.9. The molecule has 0 amide bonds. The van der Waals surface area contributed by atoms with Gasteiger partial charge in [-0.05, 0) is 45.0 Å². The maximum atomic E-state index is 12.9. The minimum atomic E-state index is 0.00945. The molecule has 7 nitrogen and oxygen atoms in total. The summed E-state index contributed by atoms with van der Waals surface area (Å²) in [6.45, 7) is 5.68. The fourth-order valence-corrected chi connectivity index (χ4v) is 4.19. The summed E-state index contributed by atoms with van der Waals surface area (Å²) in [5.41, 5.74) is 3.26. The van der Waals surface area contributed by atoms with Crippen LogP contribution in [0.1, 0.15) is 27.5 Å². The second-order valence-corrected chi connectivity index (χ2v) is 7.97. The first-order chi connectivity index (χ1) is 13.9. The second kappa shape index (κ2) is 7.88. The number of hydrogen-bond donors (Lipinski definition) is 0. The van der Waals surface area contributed by atoms with Gasteiger partial charge in [0.15, 0.2) is 16.8 Å². The van der Waals surface area contributed by atoms with Crippen LogP contribution in [0.4, 0.5) is 0 Å². The lowest BCUT2D eigenvalue weighted by Crippen LogP contribution is -2.06. The van der Waals surface area contributed by atoms with Crippen molar-refractivity contribution >= 4 is 29.1 Å². The van der Waals surface area contributed by atoms with Gasteiger partial charge in [0.2, 0.25) is 0 Å². The highest BCUT2D eigenvalue weighted by atomic mass is 35.5. The molecule has 0 aliphatic rings. The van der Waals surface area contributed by atoms with Crippen molar-refractivity contribution in [2.24, 2.45) is 0 Å². The number of Topliss-reactive ketones (excluding diaryl/α,β-unsaturated/α-hetero) is 1. The number of carbonyl (C=O) groups excluding carboxylic acids is 1. The molecule has 0 aliphatic heterocycles. The number of carbonyl (C=O) groups is 1. The number of aryl methyl sites for hydroxylation is 2. The van der Waals surface area contributed by atoms with Crippen molar-refractivity contribution in [2.45, 2.75) is 25.9 Å². The van der Waals surface area contributed by atoms with Gasteiger partial charge in [-0.15, -0.1) is 10.2 Å². The smallest absolute Gasteiger partial charge is 0.196 e. The quantitative estimate of drug-likeness (QED) is 0.330. The Morgan fingerprint density at radius 1 is 1.21 bits per heavy atom. The molecule has 4 rings (SSSR count). The van der Waals surface area contributed by atoms with E-state index in [1.165, 1.54) is 11.8 Å². The first-order valence-electron chi connectivity index (χ1n) is 8.88. The summed E-state index contributed by atoms with van der Waals surface area (Å²) in [6.07, 6.45) is 1.61. The fourth-order valence-electron chi connectivity index (χ4n) is 3.19. The van der Waals surface area contributed by atoms with E-state index < -0.39 is 0 Å². The van der Waals surface area contributed by atoms with Crippen LogP contribution in [-0.2, 0) is 0 Å². The Morgan fingerprint density at radius 3 is 2.76 bits per heavy atom. The van der Waals surface area contributed by atoms with E-state index >= 15 is 0 Å². The number of halogens is 1. The van der Waals surface area contributed by atoms with Gasteiger partial charge >= 0.3 is 0 Å². The zero-order chi connectivity index (χ0) is 20.5. The normalized spacial score (nSPS) is 11.2. The lowest BCUT2D eigenvalue weighted by atomic mass is 10.2. The van der Waals surface area contributed by atoms with E-state index in [0.29, 0.717) is 21.6 Å². The molecule has 0 saturated carbocycles. The molecule has 0 spiro atoms. The van der Waals surface area contributed by atoms with Gasteiger partial charge in [-0.25, -0.2) is 0 Å². The molecule has 148 valence electrons. The summed E-state index contributed by atoms with van der Waals surface area (Å²) in [7, 11) is 0. The third kappa shape index (κ3) is 3.86. The number of rotatable bonds is 6. The average Bonchev–Trinajstić information content (AvgIpc) is 3.39. The molecule has 4 aromatic rings. The summed E-state index contributed by atoms with van der Waals surface area (Å²) in [6, 6.07) is 11.1. The van der Waals surface area contributed by atoms with Gasteiger partial charge in [0, 0.05) is 28.0 Å². The van der Waals surface area contributed by atoms with Crippen LogP contribution >= 0.6 is 23.4 Å². The third-order valence-electron chi connectivity index (χ3n) is 4.51. The summed E-state index contributed by atoms with van der Waals surface area (Å²) in [5, 5.41) is 13.4. The Balaban J connectivity index is 1.54. The largest absolute Gasteiger partial charge is 0.360 e. The number of thioether (sulfide) groups is 1. The molecule has 0 aliphatic carbocycles. The van der Waals surface area contributed by atoms with Gasteiger partial charge in [0.05, 0.1) is 11.4 Å². The van der Waals surface area contributed by atoms with E-state index in [9.17, 15) is 4.79 Å². The monoisotopic (exact) mass is 427 g/mol. The van der Waals surface area contributed by atoms with Gasteiger partial charge in [-0.1, -0.05) is 34.6 Å². The van der Waals surface area contributed by atoms with Crippen molar-refractivity contribution in [3.05, 3.63) is 70.5 Å². The van der Waals surface area contributed by atoms with Crippen molar-refractivity contribution in [1.29, 1.82) is 0 Å². The molecule has 0 atom stereocenters. The molecular weight excluding hydrogens is 410 g/mol. The number of hydrogen-bond acceptors (Lipinski definition) is 6. The topological polar surface area (TPSA) is 78.7 Å². The van der Waals surface area contributed by atoms with Crippen molar-refractivity contribution < 1.29 is 9.32 Å². The van der Waals surface area contributed by atoms with Gasteiger partial charge in [0.25, 0.3) is 0 Å². The molecule has 29 heavy (non-hydrogen) atoms. The maximum Gasteiger partial charge on any atom is 0.196 e. The van der Waals surface area contributed by atoms with E-state index in [-0.39, 0.29) is 11.5 Å². The lowest BCUT2D eigenvalue weighted by Gasteiger charge is -2.07.